The molecule has 1 spiro atoms. The summed E-state index contributed by atoms with van der Waals surface area (Å²) < 4.78 is 26.4. The molecule has 2 fully saturated rings. The van der Waals surface area contributed by atoms with E-state index in [0.717, 1.165) is 31.4 Å². The summed E-state index contributed by atoms with van der Waals surface area (Å²) in [6.07, 6.45) is 2.88. The standard InChI is InChI=1S/C19H25F2N3O2/c1-12-5-4-6-13(2)19(12)17(25)24(18(26)22-19)11-23(3)10-14-7-8-15(20)16(21)9-14/h7-9,12-13H,4-6,10-11H2,1-3H3,(H,22,26). The number of amides is 3. The van der Waals surface area contributed by atoms with Crippen molar-refractivity contribution in [3.63, 3.8) is 0 Å². The highest BCUT2D eigenvalue weighted by molar-refractivity contribution is 6.07. The topological polar surface area (TPSA) is 52.7 Å². The molecule has 7 heteroatoms. The highest BCUT2D eigenvalue weighted by Gasteiger charge is 2.58. The molecule has 3 amide bonds. The maximum Gasteiger partial charge on any atom is 0.326 e. The molecule has 3 rings (SSSR count). The van der Waals surface area contributed by atoms with E-state index in [1.165, 1.54) is 11.0 Å². The second-order valence-corrected chi connectivity index (χ2v) is 7.67. The molecular formula is C19H25F2N3O2. The van der Waals surface area contributed by atoms with E-state index in [1.54, 1.807) is 11.9 Å². The summed E-state index contributed by atoms with van der Waals surface area (Å²) in [6, 6.07) is 3.32. The predicted molar refractivity (Wildman–Crippen MR) is 93.0 cm³/mol. The van der Waals surface area contributed by atoms with Crippen LogP contribution in [-0.4, -0.2) is 41.0 Å². The number of urea groups is 1. The summed E-state index contributed by atoms with van der Waals surface area (Å²) in [6.45, 7) is 4.43. The molecule has 1 aliphatic carbocycles. The highest BCUT2D eigenvalue weighted by Crippen LogP contribution is 2.42. The third kappa shape index (κ3) is 3.09. The molecule has 5 nitrogen and oxygen atoms in total. The van der Waals surface area contributed by atoms with Gasteiger partial charge in [0.15, 0.2) is 11.6 Å². The molecule has 1 aliphatic heterocycles. The summed E-state index contributed by atoms with van der Waals surface area (Å²) in [5, 5.41) is 2.96. The van der Waals surface area contributed by atoms with Crippen LogP contribution in [0.15, 0.2) is 18.2 Å². The van der Waals surface area contributed by atoms with Gasteiger partial charge < -0.3 is 5.32 Å². The van der Waals surface area contributed by atoms with Crippen molar-refractivity contribution in [2.45, 2.75) is 45.2 Å². The van der Waals surface area contributed by atoms with Crippen LogP contribution in [0.5, 0.6) is 0 Å². The van der Waals surface area contributed by atoms with Gasteiger partial charge in [0.2, 0.25) is 0 Å². The van der Waals surface area contributed by atoms with Crippen LogP contribution < -0.4 is 5.32 Å². The quantitative estimate of drug-likeness (QED) is 0.835. The van der Waals surface area contributed by atoms with Gasteiger partial charge in [-0.2, -0.15) is 0 Å². The summed E-state index contributed by atoms with van der Waals surface area (Å²) in [5.41, 5.74) is -0.245. The van der Waals surface area contributed by atoms with E-state index in [0.29, 0.717) is 12.1 Å². The SMILES string of the molecule is CC1CCCC(C)C12NC(=O)N(CN(C)Cc1ccc(F)c(F)c1)C2=O. The molecule has 2 unspecified atom stereocenters. The Morgan fingerprint density at radius 3 is 2.46 bits per heavy atom. The second kappa shape index (κ2) is 6.95. The number of nitrogens with zero attached hydrogens (tertiary/aromatic N) is 2. The van der Waals surface area contributed by atoms with Crippen LogP contribution >= 0.6 is 0 Å². The number of nitrogens with one attached hydrogen (secondary N) is 1. The molecule has 1 heterocycles. The van der Waals surface area contributed by atoms with Gasteiger partial charge in [-0.05, 0) is 49.4 Å². The zero-order valence-corrected chi connectivity index (χ0v) is 15.4. The first-order valence-corrected chi connectivity index (χ1v) is 9.02. The second-order valence-electron chi connectivity index (χ2n) is 7.67. The van der Waals surface area contributed by atoms with Crippen LogP contribution in [0.4, 0.5) is 13.6 Å². The van der Waals surface area contributed by atoms with E-state index in [2.05, 4.69) is 5.32 Å². The van der Waals surface area contributed by atoms with E-state index >= 15 is 0 Å². The van der Waals surface area contributed by atoms with Gasteiger partial charge in [0, 0.05) is 6.54 Å². The number of benzene rings is 1. The first-order valence-electron chi connectivity index (χ1n) is 9.02. The zero-order chi connectivity index (χ0) is 19.1. The third-order valence-corrected chi connectivity index (χ3v) is 5.81. The van der Waals surface area contributed by atoms with Crippen LogP contribution in [0.3, 0.4) is 0 Å². The van der Waals surface area contributed by atoms with E-state index in [9.17, 15) is 18.4 Å². The fourth-order valence-corrected chi connectivity index (χ4v) is 4.32. The number of imide groups is 1. The van der Waals surface area contributed by atoms with Crippen molar-refractivity contribution in [2.75, 3.05) is 13.7 Å². The molecule has 1 saturated heterocycles. The molecule has 0 bridgehead atoms. The summed E-state index contributed by atoms with van der Waals surface area (Å²) in [7, 11) is 1.74. The van der Waals surface area contributed by atoms with Gasteiger partial charge in [-0.15, -0.1) is 0 Å². The predicted octanol–water partition coefficient (Wildman–Crippen LogP) is 3.10. The number of carbonyl (C=O) groups excluding carboxylic acids is 2. The molecule has 2 atom stereocenters. The molecule has 26 heavy (non-hydrogen) atoms. The smallest absolute Gasteiger partial charge is 0.323 e. The maximum atomic E-state index is 13.4. The van der Waals surface area contributed by atoms with Crippen molar-refractivity contribution >= 4 is 11.9 Å². The lowest BCUT2D eigenvalue weighted by molar-refractivity contribution is -0.137. The molecule has 1 saturated carbocycles. The molecule has 1 aromatic rings. The highest BCUT2D eigenvalue weighted by atomic mass is 19.2. The van der Waals surface area contributed by atoms with Crippen molar-refractivity contribution in [1.29, 1.82) is 0 Å². The zero-order valence-electron chi connectivity index (χ0n) is 15.4. The number of hydrogen-bond acceptors (Lipinski definition) is 3. The van der Waals surface area contributed by atoms with Crippen molar-refractivity contribution in [2.24, 2.45) is 11.8 Å². The number of hydrogen-bond donors (Lipinski definition) is 1. The minimum absolute atomic E-state index is 0.0872. The van der Waals surface area contributed by atoms with E-state index in [4.69, 9.17) is 0 Å². The Morgan fingerprint density at radius 1 is 1.19 bits per heavy atom. The molecular weight excluding hydrogens is 340 g/mol. The van der Waals surface area contributed by atoms with E-state index < -0.39 is 17.2 Å². The number of halogens is 2. The van der Waals surface area contributed by atoms with Gasteiger partial charge in [-0.25, -0.2) is 18.5 Å². The Kier molecular flexibility index (Phi) is 5.01. The number of carbonyl (C=O) groups is 2. The first-order chi connectivity index (χ1) is 12.3. The fraction of sp³-hybridized carbons (Fsp3) is 0.579. The van der Waals surface area contributed by atoms with Gasteiger partial charge in [-0.1, -0.05) is 26.3 Å². The van der Waals surface area contributed by atoms with Crippen LogP contribution in [-0.2, 0) is 11.3 Å². The monoisotopic (exact) mass is 365 g/mol. The van der Waals surface area contributed by atoms with Gasteiger partial charge in [-0.3, -0.25) is 9.69 Å². The fourth-order valence-electron chi connectivity index (χ4n) is 4.32. The Hall–Kier alpha value is -2.02. The molecule has 1 aromatic carbocycles. The Bertz CT molecular complexity index is 715. The first kappa shape index (κ1) is 18.8. The van der Waals surface area contributed by atoms with Crippen molar-refractivity contribution in [1.82, 2.24) is 15.1 Å². The van der Waals surface area contributed by atoms with Crippen molar-refractivity contribution in [3.05, 3.63) is 35.4 Å². The summed E-state index contributed by atoms with van der Waals surface area (Å²) in [4.78, 5) is 28.6. The largest absolute Gasteiger partial charge is 0.326 e. The minimum atomic E-state index is -0.908. The molecule has 0 radical (unpaired) electrons. The lowest BCUT2D eigenvalue weighted by Gasteiger charge is -2.42. The Morgan fingerprint density at radius 2 is 1.85 bits per heavy atom. The molecule has 0 aromatic heterocycles. The lowest BCUT2D eigenvalue weighted by Crippen LogP contribution is -2.59. The molecule has 2 aliphatic rings. The minimum Gasteiger partial charge on any atom is -0.323 e. The molecule has 142 valence electrons. The van der Waals surface area contributed by atoms with Gasteiger partial charge >= 0.3 is 6.03 Å². The maximum absolute atomic E-state index is 13.4. The summed E-state index contributed by atoms with van der Waals surface area (Å²) in [5.74, 6) is -1.81. The van der Waals surface area contributed by atoms with E-state index in [1.807, 2.05) is 13.8 Å². The van der Waals surface area contributed by atoms with Crippen molar-refractivity contribution in [3.8, 4) is 0 Å². The van der Waals surface area contributed by atoms with Crippen LogP contribution in [0.1, 0.15) is 38.7 Å². The Labute approximate surface area is 152 Å². The summed E-state index contributed by atoms with van der Waals surface area (Å²) >= 11 is 0. The number of rotatable bonds is 4. The van der Waals surface area contributed by atoms with Crippen LogP contribution in [0, 0.1) is 23.5 Å². The van der Waals surface area contributed by atoms with Gasteiger partial charge in [0.25, 0.3) is 5.91 Å². The normalized spacial score (nSPS) is 28.9. The lowest BCUT2D eigenvalue weighted by atomic mass is 9.67. The van der Waals surface area contributed by atoms with Gasteiger partial charge in [0.05, 0.1) is 6.67 Å². The average Bonchev–Trinajstić information content (AvgIpc) is 2.82. The third-order valence-electron chi connectivity index (χ3n) is 5.81. The van der Waals surface area contributed by atoms with Gasteiger partial charge in [0.1, 0.15) is 5.54 Å². The van der Waals surface area contributed by atoms with Crippen LogP contribution in [0.25, 0.3) is 0 Å². The van der Waals surface area contributed by atoms with Crippen molar-refractivity contribution < 1.29 is 18.4 Å². The Balaban J connectivity index is 1.72. The average molecular weight is 365 g/mol. The molecule has 1 N–H and O–H groups in total. The van der Waals surface area contributed by atoms with E-state index in [-0.39, 0.29) is 30.4 Å². The van der Waals surface area contributed by atoms with Crippen LogP contribution in [0.2, 0.25) is 0 Å².